The number of methoxy groups -OCH3 is 1. The van der Waals surface area contributed by atoms with Gasteiger partial charge < -0.3 is 25.5 Å². The van der Waals surface area contributed by atoms with E-state index in [1.54, 1.807) is 19.4 Å². The molecular formula is C28H38Cl2N6O3. The Labute approximate surface area is 241 Å². The molecule has 1 aromatic carbocycles. The first-order chi connectivity index (χ1) is 18.0. The van der Waals surface area contributed by atoms with E-state index in [0.29, 0.717) is 17.4 Å². The second kappa shape index (κ2) is 14.0. The maximum absolute atomic E-state index is 13.2. The standard InChI is InChI=1S/C28H36N6O3.2ClH/c1-17-9-14-21-20(16-17)26(34-27(32-21)28(35)30-18-10-12-19(36-2)13-11-18)33-23-7-4-3-6-22(23)31-25(29)24-8-5-15-37-24;;/h5,8-9,14-16,18-19,22-23H,3-4,6-7,10-13H2,1-2H3,(H2,29,31)(H,30,35)(H,32,33,34);2*1H/t18?,19?,22-,23+;;/m1../s1. The molecule has 4 N–H and O–H groups in total. The number of anilines is 1. The summed E-state index contributed by atoms with van der Waals surface area (Å²) in [6.45, 7) is 2.04. The van der Waals surface area contributed by atoms with Gasteiger partial charge in [0, 0.05) is 24.6 Å². The lowest BCUT2D eigenvalue weighted by Crippen LogP contribution is -2.40. The minimum absolute atomic E-state index is 0. The second-order valence-electron chi connectivity index (χ2n) is 10.2. The molecule has 2 aliphatic rings. The lowest BCUT2D eigenvalue weighted by molar-refractivity contribution is 0.0597. The van der Waals surface area contributed by atoms with Crippen molar-refractivity contribution in [3.05, 3.63) is 53.7 Å². The average molecular weight is 578 g/mol. The van der Waals surface area contributed by atoms with Gasteiger partial charge in [-0.25, -0.2) is 9.97 Å². The molecule has 2 fully saturated rings. The third-order valence-electron chi connectivity index (χ3n) is 7.53. The van der Waals surface area contributed by atoms with Crippen molar-refractivity contribution in [2.24, 2.45) is 10.7 Å². The number of carbonyl (C=O) groups excluding carboxylic acids is 1. The van der Waals surface area contributed by atoms with Crippen LogP contribution in [0.25, 0.3) is 10.9 Å². The number of amides is 1. The fraction of sp³-hybridized carbons (Fsp3) is 0.500. The third-order valence-corrected chi connectivity index (χ3v) is 7.53. The smallest absolute Gasteiger partial charge is 0.289 e. The van der Waals surface area contributed by atoms with Crippen molar-refractivity contribution in [2.45, 2.75) is 82.5 Å². The van der Waals surface area contributed by atoms with Crippen LogP contribution in [-0.4, -0.2) is 53.1 Å². The number of aryl methyl sites for hydroxylation is 1. The van der Waals surface area contributed by atoms with Crippen LogP contribution in [0.3, 0.4) is 0 Å². The van der Waals surface area contributed by atoms with Gasteiger partial charge in [0.25, 0.3) is 5.91 Å². The molecule has 2 saturated carbocycles. The summed E-state index contributed by atoms with van der Waals surface area (Å²) in [5.41, 5.74) is 8.09. The summed E-state index contributed by atoms with van der Waals surface area (Å²) < 4.78 is 10.9. The largest absolute Gasteiger partial charge is 0.461 e. The number of furan rings is 1. The average Bonchev–Trinajstić information content (AvgIpc) is 3.46. The Hall–Kier alpha value is -2.88. The number of nitrogens with zero attached hydrogens (tertiary/aromatic N) is 3. The number of halogens is 2. The Morgan fingerprint density at radius 2 is 1.85 bits per heavy atom. The highest BCUT2D eigenvalue weighted by atomic mass is 35.5. The highest BCUT2D eigenvalue weighted by Gasteiger charge is 2.28. The van der Waals surface area contributed by atoms with Crippen LogP contribution in [0, 0.1) is 6.92 Å². The van der Waals surface area contributed by atoms with Crippen molar-refractivity contribution in [2.75, 3.05) is 12.4 Å². The zero-order valence-electron chi connectivity index (χ0n) is 22.4. The number of hydrogen-bond acceptors (Lipinski definition) is 7. The zero-order valence-corrected chi connectivity index (χ0v) is 24.0. The van der Waals surface area contributed by atoms with Crippen molar-refractivity contribution in [1.29, 1.82) is 0 Å². The van der Waals surface area contributed by atoms with E-state index in [2.05, 4.69) is 21.7 Å². The number of aliphatic imine (C=N–C) groups is 1. The van der Waals surface area contributed by atoms with Gasteiger partial charge in [0.05, 0.1) is 23.9 Å². The third kappa shape index (κ3) is 7.41. The summed E-state index contributed by atoms with van der Waals surface area (Å²) >= 11 is 0. The van der Waals surface area contributed by atoms with Crippen molar-refractivity contribution >= 4 is 53.3 Å². The summed E-state index contributed by atoms with van der Waals surface area (Å²) in [4.78, 5) is 27.4. The summed E-state index contributed by atoms with van der Waals surface area (Å²) in [5, 5.41) is 7.66. The molecule has 39 heavy (non-hydrogen) atoms. The summed E-state index contributed by atoms with van der Waals surface area (Å²) in [6, 6.07) is 9.74. The molecule has 0 unspecified atom stereocenters. The number of nitrogens with one attached hydrogen (secondary N) is 2. The number of hydrogen-bond donors (Lipinski definition) is 3. The molecule has 0 aliphatic heterocycles. The fourth-order valence-corrected chi connectivity index (χ4v) is 5.42. The molecular weight excluding hydrogens is 539 g/mol. The molecule has 2 aliphatic carbocycles. The summed E-state index contributed by atoms with van der Waals surface area (Å²) in [5.74, 6) is 1.57. The van der Waals surface area contributed by atoms with Crippen molar-refractivity contribution in [3.8, 4) is 0 Å². The predicted molar refractivity (Wildman–Crippen MR) is 158 cm³/mol. The first kappa shape index (κ1) is 30.7. The molecule has 5 rings (SSSR count). The van der Waals surface area contributed by atoms with E-state index in [-0.39, 0.29) is 60.8 Å². The number of fused-ring (bicyclic) bond motifs is 1. The van der Waals surface area contributed by atoms with Gasteiger partial charge in [0.15, 0.2) is 11.6 Å². The molecule has 3 aromatic rings. The molecule has 0 saturated heterocycles. The quantitative estimate of drug-likeness (QED) is 0.261. The Balaban J connectivity index is 0.00000210. The number of nitrogens with two attached hydrogens (primary N) is 1. The van der Waals surface area contributed by atoms with Gasteiger partial charge in [0.2, 0.25) is 5.82 Å². The Bertz CT molecular complexity index is 1260. The first-order valence-electron chi connectivity index (χ1n) is 13.3. The lowest BCUT2D eigenvalue weighted by atomic mass is 9.90. The van der Waals surface area contributed by atoms with Crippen LogP contribution in [0.2, 0.25) is 0 Å². The van der Waals surface area contributed by atoms with E-state index in [1.165, 1.54) is 0 Å². The van der Waals surface area contributed by atoms with Crippen LogP contribution in [0.4, 0.5) is 5.82 Å². The molecule has 2 heterocycles. The number of carbonyl (C=O) groups is 1. The first-order valence-corrected chi connectivity index (χ1v) is 13.3. The van der Waals surface area contributed by atoms with Gasteiger partial charge in [-0.15, -0.1) is 24.8 Å². The topological polar surface area (TPSA) is 128 Å². The van der Waals surface area contributed by atoms with E-state index < -0.39 is 0 Å². The Morgan fingerprint density at radius 3 is 2.56 bits per heavy atom. The van der Waals surface area contributed by atoms with Gasteiger partial charge in [0.1, 0.15) is 5.82 Å². The zero-order chi connectivity index (χ0) is 25.8. The van der Waals surface area contributed by atoms with Crippen LogP contribution in [0.15, 0.2) is 46.0 Å². The van der Waals surface area contributed by atoms with E-state index >= 15 is 0 Å². The van der Waals surface area contributed by atoms with Gasteiger partial charge >= 0.3 is 0 Å². The Kier molecular flexibility index (Phi) is 11.0. The van der Waals surface area contributed by atoms with Crippen molar-refractivity contribution in [3.63, 3.8) is 0 Å². The van der Waals surface area contributed by atoms with Crippen LogP contribution < -0.4 is 16.4 Å². The van der Waals surface area contributed by atoms with Crippen molar-refractivity contribution < 1.29 is 13.9 Å². The summed E-state index contributed by atoms with van der Waals surface area (Å²) in [6.07, 6.45) is 9.55. The van der Waals surface area contributed by atoms with Crippen LogP contribution in [-0.2, 0) is 4.74 Å². The molecule has 11 heteroatoms. The van der Waals surface area contributed by atoms with Crippen LogP contribution in [0.1, 0.15) is 73.3 Å². The molecule has 0 spiro atoms. The molecule has 212 valence electrons. The minimum Gasteiger partial charge on any atom is -0.461 e. The van der Waals surface area contributed by atoms with E-state index in [0.717, 1.165) is 67.8 Å². The maximum Gasteiger partial charge on any atom is 0.289 e. The van der Waals surface area contributed by atoms with Gasteiger partial charge in [-0.3, -0.25) is 9.79 Å². The highest BCUT2D eigenvalue weighted by molar-refractivity contribution is 5.97. The van der Waals surface area contributed by atoms with E-state index in [9.17, 15) is 4.79 Å². The highest BCUT2D eigenvalue weighted by Crippen LogP contribution is 2.29. The molecule has 1 amide bonds. The normalized spacial score (nSPS) is 23.4. The van der Waals surface area contributed by atoms with Gasteiger partial charge in [-0.05, 0) is 69.7 Å². The van der Waals surface area contributed by atoms with Crippen molar-refractivity contribution in [1.82, 2.24) is 15.3 Å². The molecule has 2 aromatic heterocycles. The van der Waals surface area contributed by atoms with E-state index in [4.69, 9.17) is 24.9 Å². The molecule has 0 radical (unpaired) electrons. The minimum atomic E-state index is -0.244. The summed E-state index contributed by atoms with van der Waals surface area (Å²) in [7, 11) is 1.75. The number of amidine groups is 1. The van der Waals surface area contributed by atoms with Crippen LogP contribution in [0.5, 0.6) is 0 Å². The van der Waals surface area contributed by atoms with E-state index in [1.807, 2.05) is 25.1 Å². The van der Waals surface area contributed by atoms with Crippen LogP contribution >= 0.6 is 24.8 Å². The number of aromatic nitrogens is 2. The number of rotatable bonds is 7. The predicted octanol–water partition coefficient (Wildman–Crippen LogP) is 5.19. The lowest BCUT2D eigenvalue weighted by Gasteiger charge is -2.30. The fourth-order valence-electron chi connectivity index (χ4n) is 5.42. The number of benzene rings is 1. The number of ether oxygens (including phenoxy) is 1. The Morgan fingerprint density at radius 1 is 1.08 bits per heavy atom. The monoisotopic (exact) mass is 576 g/mol. The molecule has 9 nitrogen and oxygen atoms in total. The van der Waals surface area contributed by atoms with Gasteiger partial charge in [-0.1, -0.05) is 24.5 Å². The maximum atomic E-state index is 13.2. The molecule has 2 atom stereocenters. The SMILES string of the molecule is COC1CCC(NC(=O)c2nc(N[C@H]3CCCC[C@H]3N=C(N)c3ccco3)c3cc(C)ccc3n2)CC1.Cl.Cl. The molecule has 0 bridgehead atoms. The second-order valence-corrected chi connectivity index (χ2v) is 10.2. The van der Waals surface area contributed by atoms with Gasteiger partial charge in [-0.2, -0.15) is 0 Å².